The molecule has 28 heavy (non-hydrogen) atoms. The molecule has 3 rings (SSSR count). The molecule has 0 atom stereocenters. The highest BCUT2D eigenvalue weighted by Gasteiger charge is 2.35. The second-order valence-electron chi connectivity index (χ2n) is 7.51. The number of aryl methyl sites for hydroxylation is 2. The van der Waals surface area contributed by atoms with E-state index in [9.17, 15) is 8.78 Å². The fourth-order valence-corrected chi connectivity index (χ4v) is 3.36. The molecule has 0 radical (unpaired) electrons. The van der Waals surface area contributed by atoms with Crippen LogP contribution >= 0.6 is 0 Å². The Morgan fingerprint density at radius 3 is 2.61 bits per heavy atom. The van der Waals surface area contributed by atoms with E-state index in [2.05, 4.69) is 32.9 Å². The van der Waals surface area contributed by atoms with Crippen LogP contribution in [0.4, 0.5) is 14.7 Å². The van der Waals surface area contributed by atoms with Crippen molar-refractivity contribution in [1.29, 1.82) is 0 Å². The number of alkyl halides is 2. The Morgan fingerprint density at radius 1 is 1.25 bits per heavy atom. The van der Waals surface area contributed by atoms with Gasteiger partial charge < -0.3 is 5.32 Å². The van der Waals surface area contributed by atoms with Crippen LogP contribution in [0.15, 0.2) is 36.8 Å². The topological polar surface area (TPSA) is 50.7 Å². The van der Waals surface area contributed by atoms with Gasteiger partial charge in [-0.25, -0.2) is 18.7 Å². The van der Waals surface area contributed by atoms with Crippen molar-refractivity contribution in [2.45, 2.75) is 58.4 Å². The molecule has 2 aromatic rings. The lowest BCUT2D eigenvalue weighted by molar-refractivity contribution is -0.0361. The molecule has 0 bridgehead atoms. The van der Waals surface area contributed by atoms with Gasteiger partial charge in [-0.2, -0.15) is 0 Å². The zero-order chi connectivity index (χ0) is 20.3. The molecule has 1 aliphatic rings. The van der Waals surface area contributed by atoms with E-state index in [4.69, 9.17) is 0 Å². The van der Waals surface area contributed by atoms with Crippen molar-refractivity contribution in [1.82, 2.24) is 15.0 Å². The van der Waals surface area contributed by atoms with E-state index in [0.717, 1.165) is 33.5 Å². The maximum Gasteiger partial charge on any atom is 0.248 e. The highest BCUT2D eigenvalue weighted by molar-refractivity contribution is 5.83. The number of nitrogens with zero attached hydrogens (tertiary/aromatic N) is 3. The molecule has 0 unspecified atom stereocenters. The number of anilines is 1. The second-order valence-corrected chi connectivity index (χ2v) is 7.51. The summed E-state index contributed by atoms with van der Waals surface area (Å²) in [5, 5.41) is 3.19. The minimum atomic E-state index is -2.53. The maximum atomic E-state index is 13.3. The predicted octanol–water partition coefficient (Wildman–Crippen LogP) is 5.59. The third-order valence-corrected chi connectivity index (χ3v) is 5.28. The van der Waals surface area contributed by atoms with Crippen LogP contribution in [0.1, 0.15) is 55.0 Å². The molecule has 1 fully saturated rings. The molecule has 0 saturated heterocycles. The van der Waals surface area contributed by atoms with Crippen molar-refractivity contribution in [3.8, 4) is 0 Å². The van der Waals surface area contributed by atoms with Gasteiger partial charge in [0.2, 0.25) is 11.9 Å². The first-order chi connectivity index (χ1) is 13.2. The summed E-state index contributed by atoms with van der Waals surface area (Å²) >= 11 is 0. The number of aromatic nitrogens is 3. The van der Waals surface area contributed by atoms with E-state index < -0.39 is 5.92 Å². The van der Waals surface area contributed by atoms with Crippen LogP contribution in [-0.2, 0) is 0 Å². The largest absolute Gasteiger partial charge is 0.351 e. The molecule has 1 saturated carbocycles. The third kappa shape index (κ3) is 4.80. The molecule has 148 valence electrons. The predicted molar refractivity (Wildman–Crippen MR) is 109 cm³/mol. The van der Waals surface area contributed by atoms with Gasteiger partial charge in [-0.1, -0.05) is 6.58 Å². The Hall–Kier alpha value is -2.63. The lowest BCUT2D eigenvalue weighted by atomic mass is 9.92. The van der Waals surface area contributed by atoms with E-state index in [1.807, 2.05) is 33.0 Å². The normalized spacial score (nSPS) is 17.4. The van der Waals surface area contributed by atoms with Crippen molar-refractivity contribution in [2.75, 3.05) is 5.32 Å². The monoisotopic (exact) mass is 384 g/mol. The number of allylic oxidation sites excluding steroid dienone is 2. The highest BCUT2D eigenvalue weighted by Crippen LogP contribution is 2.34. The average Bonchev–Trinajstić information content (AvgIpc) is 2.65. The zero-order valence-corrected chi connectivity index (χ0v) is 16.6. The molecular formula is C22H26F2N4. The maximum absolute atomic E-state index is 13.3. The van der Waals surface area contributed by atoms with Crippen molar-refractivity contribution in [3.05, 3.63) is 59.2 Å². The Labute approximate surface area is 164 Å². The molecule has 0 aliphatic heterocycles. The Kier molecular flexibility index (Phi) is 5.87. The molecule has 6 heteroatoms. The summed E-state index contributed by atoms with van der Waals surface area (Å²) in [4.78, 5) is 13.1. The van der Waals surface area contributed by atoms with Gasteiger partial charge in [0.15, 0.2) is 0 Å². The summed E-state index contributed by atoms with van der Waals surface area (Å²) in [6, 6.07) is 1.96. The van der Waals surface area contributed by atoms with E-state index in [1.54, 1.807) is 12.4 Å². The van der Waals surface area contributed by atoms with Crippen molar-refractivity contribution >= 4 is 17.6 Å². The van der Waals surface area contributed by atoms with Crippen LogP contribution in [0.5, 0.6) is 0 Å². The molecule has 0 spiro atoms. The van der Waals surface area contributed by atoms with E-state index in [-0.39, 0.29) is 18.9 Å². The van der Waals surface area contributed by atoms with Gasteiger partial charge in [-0.05, 0) is 68.0 Å². The van der Waals surface area contributed by atoms with Crippen molar-refractivity contribution in [2.24, 2.45) is 0 Å². The van der Waals surface area contributed by atoms with Gasteiger partial charge in [0, 0.05) is 43.0 Å². The fraction of sp³-hybridized carbons (Fsp3) is 0.409. The average molecular weight is 384 g/mol. The molecule has 4 nitrogen and oxygen atoms in total. The smallest absolute Gasteiger partial charge is 0.248 e. The lowest BCUT2D eigenvalue weighted by Crippen LogP contribution is -2.32. The molecular weight excluding hydrogens is 358 g/mol. The van der Waals surface area contributed by atoms with Crippen LogP contribution in [0.25, 0.3) is 11.6 Å². The third-order valence-electron chi connectivity index (χ3n) is 5.28. The van der Waals surface area contributed by atoms with Gasteiger partial charge in [0.25, 0.3) is 0 Å². The molecule has 2 aromatic heterocycles. The molecule has 1 aliphatic carbocycles. The summed E-state index contributed by atoms with van der Waals surface area (Å²) in [7, 11) is 0. The van der Waals surface area contributed by atoms with Gasteiger partial charge in [0.05, 0.1) is 5.69 Å². The minimum Gasteiger partial charge on any atom is -0.351 e. The van der Waals surface area contributed by atoms with Crippen molar-refractivity contribution < 1.29 is 8.78 Å². The number of halogens is 2. The summed E-state index contributed by atoms with van der Waals surface area (Å²) < 4.78 is 26.6. The number of hydrogen-bond acceptors (Lipinski definition) is 4. The first-order valence-corrected chi connectivity index (χ1v) is 9.52. The van der Waals surface area contributed by atoms with Crippen LogP contribution < -0.4 is 5.32 Å². The molecule has 0 aromatic carbocycles. The molecule has 0 amide bonds. The van der Waals surface area contributed by atoms with Gasteiger partial charge in [0.1, 0.15) is 0 Å². The zero-order valence-electron chi connectivity index (χ0n) is 16.6. The number of rotatable bonds is 5. The summed E-state index contributed by atoms with van der Waals surface area (Å²) in [5.41, 5.74) is 5.73. The number of nitrogens with one attached hydrogen (secondary N) is 1. The van der Waals surface area contributed by atoms with Crippen LogP contribution in [0.2, 0.25) is 0 Å². The van der Waals surface area contributed by atoms with Gasteiger partial charge in [-0.15, -0.1) is 0 Å². The number of hydrogen-bond donors (Lipinski definition) is 1. The Morgan fingerprint density at radius 2 is 1.96 bits per heavy atom. The molecule has 1 N–H and O–H groups in total. The SMILES string of the molecule is C=C(/C(C)=C/c1cnccc1C)c1cnc(NC2CCC(F)(F)CC2)nc1C. The second kappa shape index (κ2) is 8.17. The Bertz CT molecular complexity index is 895. The molecule has 2 heterocycles. The Balaban J connectivity index is 1.71. The van der Waals surface area contributed by atoms with Crippen LogP contribution in [-0.4, -0.2) is 26.9 Å². The standard InChI is InChI=1S/C22H26F2N4/c1-14-7-10-25-12-18(14)11-15(2)16(3)20-13-26-21(27-17(20)4)28-19-5-8-22(23,24)9-6-19/h7,10-13,19H,3,5-6,8-9H2,1-2,4H3,(H,26,27,28)/b15-11+. The van der Waals surface area contributed by atoms with Gasteiger partial charge >= 0.3 is 0 Å². The van der Waals surface area contributed by atoms with Crippen LogP contribution in [0.3, 0.4) is 0 Å². The van der Waals surface area contributed by atoms with Gasteiger partial charge in [-0.3, -0.25) is 4.98 Å². The fourth-order valence-electron chi connectivity index (χ4n) is 3.36. The lowest BCUT2D eigenvalue weighted by Gasteiger charge is -2.28. The van der Waals surface area contributed by atoms with Crippen molar-refractivity contribution in [3.63, 3.8) is 0 Å². The minimum absolute atomic E-state index is 0.0109. The highest BCUT2D eigenvalue weighted by atomic mass is 19.3. The summed E-state index contributed by atoms with van der Waals surface area (Å²) in [6.07, 6.45) is 8.08. The van der Waals surface area contributed by atoms with E-state index in [0.29, 0.717) is 18.8 Å². The summed E-state index contributed by atoms with van der Waals surface area (Å²) in [5.74, 6) is -2.05. The first kappa shape index (κ1) is 20.1. The first-order valence-electron chi connectivity index (χ1n) is 9.52. The van der Waals surface area contributed by atoms with E-state index in [1.165, 1.54) is 0 Å². The quantitative estimate of drug-likeness (QED) is 0.682. The summed E-state index contributed by atoms with van der Waals surface area (Å²) in [6.45, 7) is 10.2. The van der Waals surface area contributed by atoms with Crippen LogP contribution in [0, 0.1) is 13.8 Å². The van der Waals surface area contributed by atoms with E-state index >= 15 is 0 Å². The number of pyridine rings is 1.